The predicted molar refractivity (Wildman–Crippen MR) is 164 cm³/mol. The van der Waals surface area contributed by atoms with E-state index in [0.717, 1.165) is 27.6 Å². The number of nitrogens with zero attached hydrogens (tertiary/aromatic N) is 5. The van der Waals surface area contributed by atoms with Crippen molar-refractivity contribution in [1.82, 2.24) is 35.3 Å². The molecule has 0 unspecified atom stereocenters. The fraction of sp³-hybridized carbons (Fsp3) is 0.250. The van der Waals surface area contributed by atoms with Crippen LogP contribution in [0.1, 0.15) is 16.7 Å². The third-order valence-electron chi connectivity index (χ3n) is 8.11. The van der Waals surface area contributed by atoms with Crippen LogP contribution in [-0.4, -0.2) is 84.8 Å². The lowest BCUT2D eigenvalue weighted by Crippen LogP contribution is -2.76. The molecule has 12 heteroatoms. The van der Waals surface area contributed by atoms with Crippen LogP contribution in [-0.2, 0) is 29.1 Å². The highest BCUT2D eigenvalue weighted by molar-refractivity contribution is 5.93. The lowest BCUT2D eigenvalue weighted by Gasteiger charge is -2.55. The number of amides is 4. The van der Waals surface area contributed by atoms with Crippen LogP contribution in [0.4, 0.5) is 10.6 Å². The van der Waals surface area contributed by atoms with Crippen LogP contribution in [0.15, 0.2) is 85.5 Å². The summed E-state index contributed by atoms with van der Waals surface area (Å²) in [6.45, 7) is 4.60. The molecule has 12 nitrogen and oxygen atoms in total. The number of benzene rings is 3. The van der Waals surface area contributed by atoms with E-state index in [4.69, 9.17) is 5.73 Å². The highest BCUT2D eigenvalue weighted by Crippen LogP contribution is 2.31. The van der Waals surface area contributed by atoms with Gasteiger partial charge in [-0.3, -0.25) is 14.7 Å². The van der Waals surface area contributed by atoms with E-state index in [1.807, 2.05) is 48.5 Å². The van der Waals surface area contributed by atoms with E-state index in [1.54, 1.807) is 50.2 Å². The van der Waals surface area contributed by atoms with Gasteiger partial charge in [0, 0.05) is 31.4 Å². The minimum absolute atomic E-state index is 0.0864. The molecule has 226 valence electrons. The second-order valence-electron chi connectivity index (χ2n) is 11.0. The third kappa shape index (κ3) is 5.54. The summed E-state index contributed by atoms with van der Waals surface area (Å²) in [5.41, 5.74) is 9.27. The van der Waals surface area contributed by atoms with Gasteiger partial charge in [-0.05, 0) is 34.9 Å². The number of hydrazine groups is 1. The maximum atomic E-state index is 14.2. The molecule has 0 saturated carbocycles. The number of urea groups is 1. The zero-order valence-corrected chi connectivity index (χ0v) is 24.1. The van der Waals surface area contributed by atoms with Crippen molar-refractivity contribution in [3.8, 4) is 5.75 Å². The van der Waals surface area contributed by atoms with Gasteiger partial charge in [-0.25, -0.2) is 14.8 Å². The number of carbonyl (C=O) groups excluding carboxylic acids is 3. The summed E-state index contributed by atoms with van der Waals surface area (Å²) in [5, 5.41) is 23.9. The molecule has 2 aliphatic heterocycles. The molecule has 5 N–H and O–H groups in total. The van der Waals surface area contributed by atoms with Gasteiger partial charge in [0.2, 0.25) is 11.8 Å². The Hall–Kier alpha value is -5.36. The maximum Gasteiger partial charge on any atom is 0.334 e. The number of hydrogen-bond donors (Lipinski definition) is 4. The standard InChI is InChI=1S/C32H34N8O4/c1-2-15-38-20-28(42)39-26(16-21-11-13-24(41)14-12-21)31(43)37(18-23-9-6-10-25-29(23)35-36-30(25)33)19-27(39)40(38)32(44)34-17-22-7-4-3-5-8-22/h2-14,26-27,41H,1,15-20H2,(H,34,44)(H3,33,35,36)/t26-,27-/m0/s1. The average molecular weight is 595 g/mol. The van der Waals surface area contributed by atoms with Crippen molar-refractivity contribution in [3.63, 3.8) is 0 Å². The molecule has 2 aliphatic rings. The van der Waals surface area contributed by atoms with Crippen molar-refractivity contribution in [2.45, 2.75) is 31.7 Å². The molecule has 0 aliphatic carbocycles. The van der Waals surface area contributed by atoms with Gasteiger partial charge >= 0.3 is 6.03 Å². The zero-order valence-electron chi connectivity index (χ0n) is 24.1. The van der Waals surface area contributed by atoms with Gasteiger partial charge in [-0.1, -0.05) is 60.7 Å². The summed E-state index contributed by atoms with van der Waals surface area (Å²) in [7, 11) is 0. The number of nitrogens with one attached hydrogen (secondary N) is 2. The number of aromatic amines is 1. The van der Waals surface area contributed by atoms with Gasteiger partial charge < -0.3 is 26.0 Å². The Labute approximate surface area is 254 Å². The molecule has 44 heavy (non-hydrogen) atoms. The number of fused-ring (bicyclic) bond motifs is 2. The summed E-state index contributed by atoms with van der Waals surface area (Å²) >= 11 is 0. The highest BCUT2D eigenvalue weighted by Gasteiger charge is 2.51. The van der Waals surface area contributed by atoms with Crippen molar-refractivity contribution in [1.29, 1.82) is 0 Å². The molecule has 2 saturated heterocycles. The fourth-order valence-corrected chi connectivity index (χ4v) is 6.01. The quantitative estimate of drug-likeness (QED) is 0.229. The maximum absolute atomic E-state index is 14.2. The number of phenols is 1. The van der Waals surface area contributed by atoms with Crippen LogP contribution in [0.25, 0.3) is 10.9 Å². The van der Waals surface area contributed by atoms with E-state index in [0.29, 0.717) is 12.4 Å². The fourth-order valence-electron chi connectivity index (χ4n) is 6.01. The number of hydrogen-bond acceptors (Lipinski definition) is 7. The second-order valence-corrected chi connectivity index (χ2v) is 11.0. The van der Waals surface area contributed by atoms with Gasteiger partial charge in [0.25, 0.3) is 0 Å². The van der Waals surface area contributed by atoms with Crippen molar-refractivity contribution < 1.29 is 19.5 Å². The number of rotatable bonds is 8. The topological polar surface area (TPSA) is 151 Å². The number of piperazine rings is 1. The molecule has 0 radical (unpaired) electrons. The smallest absolute Gasteiger partial charge is 0.334 e. The van der Waals surface area contributed by atoms with E-state index in [9.17, 15) is 19.5 Å². The van der Waals surface area contributed by atoms with Gasteiger partial charge in [0.15, 0.2) is 5.82 Å². The molecule has 0 bridgehead atoms. The van der Waals surface area contributed by atoms with Crippen molar-refractivity contribution in [3.05, 3.63) is 102 Å². The first-order chi connectivity index (χ1) is 21.3. The minimum Gasteiger partial charge on any atom is -0.508 e. The number of aromatic nitrogens is 2. The monoisotopic (exact) mass is 594 g/mol. The largest absolute Gasteiger partial charge is 0.508 e. The Morgan fingerprint density at radius 1 is 1.07 bits per heavy atom. The van der Waals surface area contributed by atoms with Crippen LogP contribution in [0.3, 0.4) is 0 Å². The Kier molecular flexibility index (Phi) is 7.90. The van der Waals surface area contributed by atoms with Crippen LogP contribution in [0, 0.1) is 0 Å². The van der Waals surface area contributed by atoms with Crippen LogP contribution in [0.2, 0.25) is 0 Å². The molecule has 6 rings (SSSR count). The molecule has 0 spiro atoms. The number of para-hydroxylation sites is 1. The first-order valence-electron chi connectivity index (χ1n) is 14.4. The van der Waals surface area contributed by atoms with E-state index in [1.165, 1.54) is 0 Å². The Morgan fingerprint density at radius 3 is 2.59 bits per heavy atom. The Bertz CT molecular complexity index is 1690. The summed E-state index contributed by atoms with van der Waals surface area (Å²) in [6, 6.07) is 20.5. The van der Waals surface area contributed by atoms with E-state index < -0.39 is 12.2 Å². The SMILES string of the molecule is C=CCN1CC(=O)N2[C@@H](Cc3ccc(O)cc3)C(=O)N(Cc3cccc4c(N)n[nH]c34)C[C@@H]2N1C(=O)NCc1ccccc1. The van der Waals surface area contributed by atoms with Crippen LogP contribution >= 0.6 is 0 Å². The van der Waals surface area contributed by atoms with Gasteiger partial charge in [-0.15, -0.1) is 6.58 Å². The number of anilines is 1. The van der Waals surface area contributed by atoms with Crippen LogP contribution < -0.4 is 11.1 Å². The molecule has 2 fully saturated rings. The number of nitrogen functional groups attached to an aromatic ring is 1. The van der Waals surface area contributed by atoms with E-state index in [2.05, 4.69) is 22.1 Å². The molecule has 3 heterocycles. The van der Waals surface area contributed by atoms with E-state index >= 15 is 0 Å². The Morgan fingerprint density at radius 2 is 1.84 bits per heavy atom. The zero-order chi connectivity index (χ0) is 30.8. The normalized spacial score (nSPS) is 18.9. The summed E-state index contributed by atoms with van der Waals surface area (Å²) < 4.78 is 0. The summed E-state index contributed by atoms with van der Waals surface area (Å²) in [6.07, 6.45) is 1.07. The van der Waals surface area contributed by atoms with Crippen LogP contribution in [0.5, 0.6) is 5.75 Å². The molecule has 4 amide bonds. The first-order valence-corrected chi connectivity index (χ1v) is 14.4. The third-order valence-corrected chi connectivity index (χ3v) is 8.11. The van der Waals surface area contributed by atoms with E-state index in [-0.39, 0.29) is 56.2 Å². The second kappa shape index (κ2) is 12.1. The molecular formula is C32H34N8O4. The number of nitrogens with two attached hydrogens (primary N) is 1. The molecular weight excluding hydrogens is 560 g/mol. The van der Waals surface area contributed by atoms with Crippen molar-refractivity contribution in [2.24, 2.45) is 0 Å². The Balaban J connectivity index is 1.37. The van der Waals surface area contributed by atoms with Gasteiger partial charge in [0.1, 0.15) is 18.0 Å². The predicted octanol–water partition coefficient (Wildman–Crippen LogP) is 2.59. The number of H-pyrrole nitrogens is 1. The molecule has 3 aromatic carbocycles. The molecule has 1 aromatic heterocycles. The first kappa shape index (κ1) is 28.7. The number of aromatic hydroxyl groups is 1. The minimum atomic E-state index is -0.882. The molecule has 4 aromatic rings. The number of phenolic OH excluding ortho intramolecular Hbond substituents is 1. The van der Waals surface area contributed by atoms with Crippen molar-refractivity contribution >= 4 is 34.6 Å². The van der Waals surface area contributed by atoms with Gasteiger partial charge in [0.05, 0.1) is 18.6 Å². The number of carbonyl (C=O) groups is 3. The summed E-state index contributed by atoms with van der Waals surface area (Å²) in [5.74, 6) is -0.0360. The average Bonchev–Trinajstić information content (AvgIpc) is 3.41. The highest BCUT2D eigenvalue weighted by atomic mass is 16.3. The lowest BCUT2D eigenvalue weighted by molar-refractivity contribution is -0.189. The summed E-state index contributed by atoms with van der Waals surface area (Å²) in [4.78, 5) is 45.1. The lowest BCUT2D eigenvalue weighted by atomic mass is 9.98. The van der Waals surface area contributed by atoms with Crippen molar-refractivity contribution in [2.75, 3.05) is 25.4 Å². The van der Waals surface area contributed by atoms with Gasteiger partial charge in [-0.2, -0.15) is 5.10 Å². The molecule has 2 atom stereocenters.